The molecule has 1 aromatic rings. The Labute approximate surface area is 130 Å². The fourth-order valence-electron chi connectivity index (χ4n) is 2.86. The molecule has 0 radical (unpaired) electrons. The lowest BCUT2D eigenvalue weighted by molar-refractivity contribution is -0.121. The Hall–Kier alpha value is -1.03. The van der Waals surface area contributed by atoms with Crippen molar-refractivity contribution in [2.24, 2.45) is 11.8 Å². The van der Waals surface area contributed by atoms with Crippen LogP contribution < -0.4 is 5.32 Å². The van der Waals surface area contributed by atoms with Crippen LogP contribution in [0.4, 0.5) is 4.39 Å². The molecular formula is C17H24FNOS. The van der Waals surface area contributed by atoms with Crippen molar-refractivity contribution in [1.29, 1.82) is 0 Å². The first-order valence-corrected chi connectivity index (χ1v) is 8.58. The Kier molecular flexibility index (Phi) is 5.68. The largest absolute Gasteiger partial charge is 0.352 e. The molecule has 2 rings (SSSR count). The average Bonchev–Trinajstić information content (AvgIpc) is 2.46. The van der Waals surface area contributed by atoms with Gasteiger partial charge in [-0.2, -0.15) is 0 Å². The van der Waals surface area contributed by atoms with Crippen molar-refractivity contribution in [3.63, 3.8) is 0 Å². The maximum atomic E-state index is 12.9. The van der Waals surface area contributed by atoms with E-state index in [2.05, 4.69) is 19.2 Å². The van der Waals surface area contributed by atoms with Gasteiger partial charge in [0.2, 0.25) is 5.91 Å². The van der Waals surface area contributed by atoms with Gasteiger partial charge in [-0.1, -0.05) is 26.7 Å². The molecular weight excluding hydrogens is 285 g/mol. The summed E-state index contributed by atoms with van der Waals surface area (Å²) >= 11 is 1.47. The molecule has 0 bridgehead atoms. The van der Waals surface area contributed by atoms with Crippen LogP contribution in [0.25, 0.3) is 0 Å². The maximum Gasteiger partial charge on any atom is 0.233 e. The molecule has 1 saturated carbocycles. The zero-order chi connectivity index (χ0) is 15.4. The molecule has 2 nitrogen and oxygen atoms in total. The van der Waals surface area contributed by atoms with Crippen molar-refractivity contribution in [2.75, 3.05) is 0 Å². The second-order valence-corrected chi connectivity index (χ2v) is 7.51. The van der Waals surface area contributed by atoms with Gasteiger partial charge < -0.3 is 5.32 Å². The summed E-state index contributed by atoms with van der Waals surface area (Å²) in [7, 11) is 0. The van der Waals surface area contributed by atoms with Gasteiger partial charge in [0.25, 0.3) is 0 Å². The van der Waals surface area contributed by atoms with Gasteiger partial charge in [0.15, 0.2) is 0 Å². The molecule has 0 aromatic heterocycles. The van der Waals surface area contributed by atoms with Crippen LogP contribution in [0.15, 0.2) is 29.2 Å². The monoisotopic (exact) mass is 309 g/mol. The molecule has 1 fully saturated rings. The lowest BCUT2D eigenvalue weighted by Gasteiger charge is -2.35. The minimum atomic E-state index is -0.249. The Balaban J connectivity index is 1.88. The number of carbonyl (C=O) groups excluding carboxylic acids is 1. The molecule has 1 aliphatic carbocycles. The van der Waals surface area contributed by atoms with Crippen LogP contribution in [-0.4, -0.2) is 17.2 Å². The normalized spacial score (nSPS) is 27.1. The molecule has 1 N–H and O–H groups in total. The summed E-state index contributed by atoms with van der Waals surface area (Å²) in [6, 6.07) is 6.58. The Bertz CT molecular complexity index is 476. The zero-order valence-electron chi connectivity index (χ0n) is 12.9. The number of thioether (sulfide) groups is 1. The van der Waals surface area contributed by atoms with Gasteiger partial charge in [-0.25, -0.2) is 4.39 Å². The van der Waals surface area contributed by atoms with Crippen LogP contribution in [0.1, 0.15) is 40.0 Å². The highest BCUT2D eigenvalue weighted by Crippen LogP contribution is 2.30. The molecule has 21 heavy (non-hydrogen) atoms. The van der Waals surface area contributed by atoms with Crippen molar-refractivity contribution in [3.8, 4) is 0 Å². The fraction of sp³-hybridized carbons (Fsp3) is 0.588. The summed E-state index contributed by atoms with van der Waals surface area (Å²) in [5.41, 5.74) is 0. The predicted octanol–water partition coefficient (Wildman–Crippen LogP) is 4.25. The molecule has 0 unspecified atom stereocenters. The minimum absolute atomic E-state index is 0.0790. The number of rotatable bonds is 4. The highest BCUT2D eigenvalue weighted by atomic mass is 32.2. The van der Waals surface area contributed by atoms with E-state index in [1.165, 1.54) is 36.7 Å². The van der Waals surface area contributed by atoms with Crippen LogP contribution in [0.2, 0.25) is 0 Å². The van der Waals surface area contributed by atoms with Crippen LogP contribution >= 0.6 is 11.8 Å². The number of benzene rings is 1. The number of nitrogens with one attached hydrogen (secondary N) is 1. The topological polar surface area (TPSA) is 29.1 Å². The number of halogens is 1. The lowest BCUT2D eigenvalue weighted by atomic mass is 9.78. The van der Waals surface area contributed by atoms with Gasteiger partial charge in [0.05, 0.1) is 5.25 Å². The van der Waals surface area contributed by atoms with Crippen molar-refractivity contribution < 1.29 is 9.18 Å². The number of hydrogen-bond acceptors (Lipinski definition) is 2. The molecule has 4 atom stereocenters. The number of amides is 1. The third kappa shape index (κ3) is 4.47. The fourth-order valence-corrected chi connectivity index (χ4v) is 3.73. The highest BCUT2D eigenvalue weighted by molar-refractivity contribution is 8.00. The number of hydrogen-bond donors (Lipinski definition) is 1. The third-order valence-electron chi connectivity index (χ3n) is 4.53. The molecule has 0 spiro atoms. The molecule has 116 valence electrons. The quantitative estimate of drug-likeness (QED) is 0.843. The van der Waals surface area contributed by atoms with Gasteiger partial charge in [-0.15, -0.1) is 11.8 Å². The van der Waals surface area contributed by atoms with Gasteiger partial charge in [-0.3, -0.25) is 4.79 Å². The van der Waals surface area contributed by atoms with E-state index in [4.69, 9.17) is 0 Å². The molecule has 0 aliphatic heterocycles. The van der Waals surface area contributed by atoms with E-state index >= 15 is 0 Å². The molecule has 0 saturated heterocycles. The van der Waals surface area contributed by atoms with Crippen LogP contribution in [-0.2, 0) is 4.79 Å². The Morgan fingerprint density at radius 3 is 2.62 bits per heavy atom. The molecule has 1 aromatic carbocycles. The summed E-state index contributed by atoms with van der Waals surface area (Å²) in [6.07, 6.45) is 3.52. The summed E-state index contributed by atoms with van der Waals surface area (Å²) in [4.78, 5) is 13.2. The third-order valence-corrected chi connectivity index (χ3v) is 5.64. The molecule has 1 amide bonds. The summed E-state index contributed by atoms with van der Waals surface area (Å²) in [6.45, 7) is 6.40. The number of carbonyl (C=O) groups is 1. The van der Waals surface area contributed by atoms with E-state index in [1.807, 2.05) is 6.92 Å². The van der Waals surface area contributed by atoms with Crippen LogP contribution in [0, 0.1) is 17.7 Å². The maximum absolute atomic E-state index is 12.9. The predicted molar refractivity (Wildman–Crippen MR) is 85.8 cm³/mol. The molecule has 4 heteroatoms. The minimum Gasteiger partial charge on any atom is -0.352 e. The Morgan fingerprint density at radius 2 is 1.95 bits per heavy atom. The van der Waals surface area contributed by atoms with Crippen molar-refractivity contribution in [2.45, 2.75) is 56.2 Å². The van der Waals surface area contributed by atoms with Gasteiger partial charge in [0.1, 0.15) is 5.82 Å². The smallest absolute Gasteiger partial charge is 0.233 e. The van der Waals surface area contributed by atoms with E-state index in [-0.39, 0.29) is 23.0 Å². The first-order valence-electron chi connectivity index (χ1n) is 7.70. The summed E-state index contributed by atoms with van der Waals surface area (Å²) < 4.78 is 12.9. The summed E-state index contributed by atoms with van der Waals surface area (Å²) in [5, 5.41) is 3.03. The first-order chi connectivity index (χ1) is 9.97. The lowest BCUT2D eigenvalue weighted by Crippen LogP contribution is -2.46. The zero-order valence-corrected chi connectivity index (χ0v) is 13.8. The SMILES string of the molecule is C[C@@H]1[C@@H](C)CCC[C@H]1NC(=O)[C@H](C)Sc1ccc(F)cc1. The van der Waals surface area contributed by atoms with E-state index in [9.17, 15) is 9.18 Å². The van der Waals surface area contributed by atoms with Gasteiger partial charge >= 0.3 is 0 Å². The van der Waals surface area contributed by atoms with Crippen LogP contribution in [0.3, 0.4) is 0 Å². The second kappa shape index (κ2) is 7.30. The van der Waals surface area contributed by atoms with Gasteiger partial charge in [0, 0.05) is 10.9 Å². The Morgan fingerprint density at radius 1 is 1.29 bits per heavy atom. The molecule has 0 heterocycles. The highest BCUT2D eigenvalue weighted by Gasteiger charge is 2.29. The standard InChI is InChI=1S/C17H24FNOS/c1-11-5-4-6-16(12(11)2)19-17(20)13(3)21-15-9-7-14(18)8-10-15/h7-13,16H,4-6H2,1-3H3,(H,19,20)/t11-,12+,13-,16+/m0/s1. The summed E-state index contributed by atoms with van der Waals surface area (Å²) in [5.74, 6) is 1.03. The van der Waals surface area contributed by atoms with Crippen molar-refractivity contribution >= 4 is 17.7 Å². The van der Waals surface area contributed by atoms with E-state index < -0.39 is 0 Å². The van der Waals surface area contributed by atoms with E-state index in [1.54, 1.807) is 12.1 Å². The van der Waals surface area contributed by atoms with E-state index in [0.29, 0.717) is 11.8 Å². The first kappa shape index (κ1) is 16.3. The van der Waals surface area contributed by atoms with Crippen molar-refractivity contribution in [3.05, 3.63) is 30.1 Å². The van der Waals surface area contributed by atoms with Crippen LogP contribution in [0.5, 0.6) is 0 Å². The van der Waals surface area contributed by atoms with E-state index in [0.717, 1.165) is 11.3 Å². The average molecular weight is 309 g/mol. The van der Waals surface area contributed by atoms with Gasteiger partial charge in [-0.05, 0) is 49.4 Å². The van der Waals surface area contributed by atoms with Crippen molar-refractivity contribution in [1.82, 2.24) is 5.32 Å². The molecule has 1 aliphatic rings. The second-order valence-electron chi connectivity index (χ2n) is 6.10.